The molecule has 0 aromatic heterocycles. The van der Waals surface area contributed by atoms with E-state index in [0.29, 0.717) is 4.75 Å². The molecule has 0 amide bonds. The van der Waals surface area contributed by atoms with Gasteiger partial charge in [0.05, 0.1) is 0 Å². The normalized spacial score (nSPS) is 30.0. The van der Waals surface area contributed by atoms with Gasteiger partial charge in [-0.15, -0.1) is 0 Å². The summed E-state index contributed by atoms with van der Waals surface area (Å²) in [5.41, 5.74) is 6.30. The van der Waals surface area contributed by atoms with Crippen LogP contribution in [0.25, 0.3) is 0 Å². The Balaban J connectivity index is 2.01. The topological polar surface area (TPSA) is 29.3 Å². The third-order valence-corrected chi connectivity index (χ3v) is 5.35. The second kappa shape index (κ2) is 4.51. The van der Waals surface area contributed by atoms with Crippen molar-refractivity contribution in [1.29, 1.82) is 0 Å². The van der Waals surface area contributed by atoms with Crippen LogP contribution in [0.5, 0.6) is 0 Å². The van der Waals surface area contributed by atoms with Gasteiger partial charge in [0.1, 0.15) is 0 Å². The highest BCUT2D eigenvalue weighted by Crippen LogP contribution is 2.41. The molecule has 0 aromatic rings. The van der Waals surface area contributed by atoms with E-state index < -0.39 is 0 Å². The van der Waals surface area contributed by atoms with Crippen LogP contribution in [0.4, 0.5) is 0 Å². The molecule has 1 unspecified atom stereocenters. The average molecular weight is 242 g/mol. The largest absolute Gasteiger partial charge is 0.329 e. The van der Waals surface area contributed by atoms with E-state index in [1.807, 2.05) is 0 Å². The maximum Gasteiger partial charge on any atom is 0.0307 e. The molecule has 2 aliphatic rings. The zero-order valence-electron chi connectivity index (χ0n) is 11.0. The quantitative estimate of drug-likeness (QED) is 0.820. The lowest BCUT2D eigenvalue weighted by Gasteiger charge is -2.48. The molecule has 0 aromatic carbocycles. The Morgan fingerprint density at radius 2 is 2.12 bits per heavy atom. The van der Waals surface area contributed by atoms with Gasteiger partial charge < -0.3 is 5.73 Å². The Labute approximate surface area is 104 Å². The van der Waals surface area contributed by atoms with E-state index in [1.54, 1.807) is 0 Å². The summed E-state index contributed by atoms with van der Waals surface area (Å²) in [6.45, 7) is 10.3. The first-order valence-electron chi connectivity index (χ1n) is 6.54. The van der Waals surface area contributed by atoms with Gasteiger partial charge in [-0.25, -0.2) is 0 Å². The molecule has 2 nitrogen and oxygen atoms in total. The fourth-order valence-corrected chi connectivity index (χ4v) is 3.87. The maximum atomic E-state index is 6.05. The number of nitrogens with zero attached hydrogens (tertiary/aromatic N) is 1. The van der Waals surface area contributed by atoms with E-state index in [4.69, 9.17) is 5.73 Å². The fourth-order valence-electron chi connectivity index (χ4n) is 2.76. The van der Waals surface area contributed by atoms with Crippen molar-refractivity contribution in [2.24, 2.45) is 11.7 Å². The number of thioether (sulfide) groups is 1. The van der Waals surface area contributed by atoms with Gasteiger partial charge in [-0.2, -0.15) is 11.8 Å². The highest BCUT2D eigenvalue weighted by atomic mass is 32.2. The van der Waals surface area contributed by atoms with Crippen molar-refractivity contribution >= 4 is 11.8 Å². The molecule has 1 saturated carbocycles. The van der Waals surface area contributed by atoms with E-state index in [-0.39, 0.29) is 5.54 Å². The molecule has 1 aliphatic carbocycles. The summed E-state index contributed by atoms with van der Waals surface area (Å²) < 4.78 is 0.401. The summed E-state index contributed by atoms with van der Waals surface area (Å²) in [5.74, 6) is 2.22. The van der Waals surface area contributed by atoms with Crippen LogP contribution in [-0.4, -0.2) is 40.6 Å². The third-order valence-electron chi connectivity index (χ3n) is 4.05. The maximum absolute atomic E-state index is 6.05. The molecule has 2 N–H and O–H groups in total. The molecule has 1 aliphatic heterocycles. The van der Waals surface area contributed by atoms with Crippen LogP contribution in [0, 0.1) is 5.92 Å². The predicted octanol–water partition coefficient (Wildman–Crippen LogP) is 2.33. The lowest BCUT2D eigenvalue weighted by molar-refractivity contribution is 0.0902. The highest BCUT2D eigenvalue weighted by Gasteiger charge is 2.40. The molecule has 2 fully saturated rings. The van der Waals surface area contributed by atoms with Gasteiger partial charge >= 0.3 is 0 Å². The SMILES string of the molecule is CC1(C)CN(C(C)(CN)CC2CC2)CCS1. The highest BCUT2D eigenvalue weighted by molar-refractivity contribution is 8.00. The van der Waals surface area contributed by atoms with Crippen molar-refractivity contribution in [3.05, 3.63) is 0 Å². The molecule has 16 heavy (non-hydrogen) atoms. The van der Waals surface area contributed by atoms with Crippen LogP contribution in [-0.2, 0) is 0 Å². The predicted molar refractivity (Wildman–Crippen MR) is 72.9 cm³/mol. The van der Waals surface area contributed by atoms with Crippen LogP contribution in [0.3, 0.4) is 0 Å². The first kappa shape index (κ1) is 12.7. The minimum atomic E-state index is 0.249. The lowest BCUT2D eigenvalue weighted by Crippen LogP contribution is -2.58. The van der Waals surface area contributed by atoms with Gasteiger partial charge in [-0.3, -0.25) is 4.90 Å². The monoisotopic (exact) mass is 242 g/mol. The first-order chi connectivity index (χ1) is 7.45. The Bertz CT molecular complexity index is 250. The summed E-state index contributed by atoms with van der Waals surface area (Å²) in [5, 5.41) is 0. The molecule has 1 saturated heterocycles. The fraction of sp³-hybridized carbons (Fsp3) is 1.00. The second-order valence-electron chi connectivity index (χ2n) is 6.38. The Hall–Kier alpha value is 0.270. The minimum absolute atomic E-state index is 0.249. The van der Waals surface area contributed by atoms with Gasteiger partial charge in [0, 0.05) is 35.7 Å². The molecule has 0 radical (unpaired) electrons. The zero-order chi connectivity index (χ0) is 11.8. The van der Waals surface area contributed by atoms with E-state index >= 15 is 0 Å². The van der Waals surface area contributed by atoms with Crippen molar-refractivity contribution < 1.29 is 0 Å². The van der Waals surface area contributed by atoms with Crippen LogP contribution in [0.1, 0.15) is 40.0 Å². The van der Waals surface area contributed by atoms with Crippen molar-refractivity contribution in [2.75, 3.05) is 25.4 Å². The number of nitrogens with two attached hydrogens (primary N) is 1. The van der Waals surface area contributed by atoms with Crippen LogP contribution in [0.2, 0.25) is 0 Å². The van der Waals surface area contributed by atoms with Crippen LogP contribution >= 0.6 is 11.8 Å². The van der Waals surface area contributed by atoms with Crippen LogP contribution < -0.4 is 5.73 Å². The molecule has 0 bridgehead atoms. The summed E-state index contributed by atoms with van der Waals surface area (Å²) in [4.78, 5) is 2.65. The van der Waals surface area contributed by atoms with Gasteiger partial charge in [0.25, 0.3) is 0 Å². The van der Waals surface area contributed by atoms with Crippen LogP contribution in [0.15, 0.2) is 0 Å². The standard InChI is InChI=1S/C13H26N2S/c1-12(2)10-15(6-7-16-12)13(3,9-14)8-11-4-5-11/h11H,4-10,14H2,1-3H3. The van der Waals surface area contributed by atoms with E-state index in [0.717, 1.165) is 12.5 Å². The van der Waals surface area contributed by atoms with E-state index in [9.17, 15) is 0 Å². The van der Waals surface area contributed by atoms with E-state index in [1.165, 1.54) is 38.1 Å². The third kappa shape index (κ3) is 2.93. The second-order valence-corrected chi connectivity index (χ2v) is 8.18. The molecule has 2 rings (SSSR count). The van der Waals surface area contributed by atoms with E-state index in [2.05, 4.69) is 37.4 Å². The molecule has 1 heterocycles. The number of hydrogen-bond acceptors (Lipinski definition) is 3. The summed E-state index contributed by atoms with van der Waals surface area (Å²) in [6.07, 6.45) is 4.17. The molecular formula is C13H26N2S. The molecule has 94 valence electrons. The van der Waals surface area contributed by atoms with Gasteiger partial charge in [-0.05, 0) is 33.1 Å². The Kier molecular flexibility index (Phi) is 3.58. The Morgan fingerprint density at radius 1 is 1.44 bits per heavy atom. The summed E-state index contributed by atoms with van der Waals surface area (Å²) >= 11 is 2.10. The van der Waals surface area contributed by atoms with Crippen molar-refractivity contribution in [1.82, 2.24) is 4.90 Å². The Morgan fingerprint density at radius 3 is 2.62 bits per heavy atom. The lowest BCUT2D eigenvalue weighted by atomic mass is 9.91. The smallest absolute Gasteiger partial charge is 0.0307 e. The molecule has 0 spiro atoms. The number of hydrogen-bond donors (Lipinski definition) is 1. The van der Waals surface area contributed by atoms with Crippen molar-refractivity contribution in [3.63, 3.8) is 0 Å². The van der Waals surface area contributed by atoms with Crippen molar-refractivity contribution in [2.45, 2.75) is 50.3 Å². The number of rotatable bonds is 4. The van der Waals surface area contributed by atoms with Crippen molar-refractivity contribution in [3.8, 4) is 0 Å². The summed E-state index contributed by atoms with van der Waals surface area (Å²) in [7, 11) is 0. The molecule has 1 atom stereocenters. The van der Waals surface area contributed by atoms with Gasteiger partial charge in [0.2, 0.25) is 0 Å². The van der Waals surface area contributed by atoms with Gasteiger partial charge in [0.15, 0.2) is 0 Å². The minimum Gasteiger partial charge on any atom is -0.329 e. The van der Waals surface area contributed by atoms with Gasteiger partial charge in [-0.1, -0.05) is 12.8 Å². The first-order valence-corrected chi connectivity index (χ1v) is 7.53. The summed E-state index contributed by atoms with van der Waals surface area (Å²) in [6, 6.07) is 0. The average Bonchev–Trinajstić information content (AvgIpc) is 3.00. The molecular weight excluding hydrogens is 216 g/mol. The molecule has 3 heteroatoms. The zero-order valence-corrected chi connectivity index (χ0v) is 11.8.